The third kappa shape index (κ3) is 5.17. The number of carbonyl (C=O) groups excluding carboxylic acids is 1. The lowest BCUT2D eigenvalue weighted by Crippen LogP contribution is -2.38. The van der Waals surface area contributed by atoms with Gasteiger partial charge in [-0.1, -0.05) is 18.2 Å². The van der Waals surface area contributed by atoms with Gasteiger partial charge in [-0.25, -0.2) is 14.4 Å². The highest BCUT2D eigenvalue weighted by atomic mass is 19.4. The van der Waals surface area contributed by atoms with Crippen molar-refractivity contribution in [3.63, 3.8) is 0 Å². The van der Waals surface area contributed by atoms with Crippen molar-refractivity contribution in [3.05, 3.63) is 89.9 Å². The number of methoxy groups -OCH3 is 1. The van der Waals surface area contributed by atoms with Crippen molar-refractivity contribution in [1.29, 1.82) is 0 Å². The molecule has 0 aliphatic carbocycles. The Hall–Kier alpha value is -4.19. The van der Waals surface area contributed by atoms with Gasteiger partial charge in [-0.2, -0.15) is 23.0 Å². The maximum absolute atomic E-state index is 14.2. The fraction of sp³-hybridized carbons (Fsp3) is 0.174. The summed E-state index contributed by atoms with van der Waals surface area (Å²) < 4.78 is 61.6. The number of alkyl halides is 3. The maximum atomic E-state index is 14.2. The molecule has 1 amide bonds. The summed E-state index contributed by atoms with van der Waals surface area (Å²) in [5.74, 6) is -1.54. The van der Waals surface area contributed by atoms with Crippen LogP contribution >= 0.6 is 0 Å². The van der Waals surface area contributed by atoms with Crippen LogP contribution in [0, 0.1) is 5.82 Å². The lowest BCUT2D eigenvalue weighted by Gasteiger charge is -2.21. The molecule has 0 radical (unpaired) electrons. The van der Waals surface area contributed by atoms with Gasteiger partial charge in [0.1, 0.15) is 5.82 Å². The third-order valence-electron chi connectivity index (χ3n) is 5.00. The largest absolute Gasteiger partial charge is 0.412 e. The molecule has 1 N–H and O–H groups in total. The number of pyridine rings is 1. The first kappa shape index (κ1) is 24.0. The van der Waals surface area contributed by atoms with Gasteiger partial charge in [-0.15, -0.1) is 0 Å². The van der Waals surface area contributed by atoms with E-state index in [0.717, 1.165) is 17.1 Å². The van der Waals surface area contributed by atoms with Crippen LogP contribution < -0.4 is 5.32 Å². The fourth-order valence-electron chi connectivity index (χ4n) is 3.39. The molecule has 4 rings (SSSR count). The van der Waals surface area contributed by atoms with Gasteiger partial charge in [0.05, 0.1) is 29.8 Å². The molecular weight excluding hydrogens is 468 g/mol. The highest BCUT2D eigenvalue weighted by Crippen LogP contribution is 2.32. The molecule has 0 spiro atoms. The van der Waals surface area contributed by atoms with E-state index in [1.54, 1.807) is 6.07 Å². The second-order valence-corrected chi connectivity index (χ2v) is 7.31. The molecule has 0 aliphatic rings. The molecule has 8 nitrogen and oxygen atoms in total. The Morgan fingerprint density at radius 1 is 1.11 bits per heavy atom. The first-order valence-corrected chi connectivity index (χ1v) is 10.2. The minimum atomic E-state index is -4.77. The van der Waals surface area contributed by atoms with E-state index in [2.05, 4.69) is 20.1 Å². The highest BCUT2D eigenvalue weighted by Gasteiger charge is 2.42. The minimum Gasteiger partial charge on any atom is -0.378 e. The molecule has 0 aliphatic heterocycles. The molecule has 3 heterocycles. The number of halogens is 4. The number of hydrogen-bond acceptors (Lipinski definition) is 6. The number of aromatic nitrogens is 5. The smallest absolute Gasteiger partial charge is 0.378 e. The number of nitrogens with zero attached hydrogens (tertiary/aromatic N) is 5. The van der Waals surface area contributed by atoms with Crippen LogP contribution in [0.5, 0.6) is 0 Å². The van der Waals surface area contributed by atoms with E-state index in [9.17, 15) is 22.4 Å². The monoisotopic (exact) mass is 486 g/mol. The van der Waals surface area contributed by atoms with Gasteiger partial charge in [0.2, 0.25) is 0 Å². The predicted molar refractivity (Wildman–Crippen MR) is 116 cm³/mol. The van der Waals surface area contributed by atoms with Gasteiger partial charge in [0.15, 0.2) is 6.04 Å². The Kier molecular flexibility index (Phi) is 6.82. The molecular formula is C23H18F4N6O2. The maximum Gasteiger partial charge on any atom is 0.412 e. The Morgan fingerprint density at radius 3 is 2.60 bits per heavy atom. The summed E-state index contributed by atoms with van der Waals surface area (Å²) in [7, 11) is 1.35. The number of nitrogens with one attached hydrogen (secondary N) is 1. The molecule has 1 aromatic carbocycles. The van der Waals surface area contributed by atoms with Crippen molar-refractivity contribution in [2.75, 3.05) is 7.11 Å². The molecule has 3 aromatic heterocycles. The Bertz CT molecular complexity index is 1330. The average molecular weight is 486 g/mol. The van der Waals surface area contributed by atoms with Gasteiger partial charge in [0.25, 0.3) is 11.9 Å². The van der Waals surface area contributed by atoms with Crippen molar-refractivity contribution in [2.45, 2.75) is 18.8 Å². The number of amides is 1. The number of ether oxygens (including phenoxy) is 1. The van der Waals surface area contributed by atoms with E-state index < -0.39 is 23.9 Å². The van der Waals surface area contributed by atoms with Crippen LogP contribution in [0.3, 0.4) is 0 Å². The second-order valence-electron chi connectivity index (χ2n) is 7.31. The zero-order valence-corrected chi connectivity index (χ0v) is 18.2. The lowest BCUT2D eigenvalue weighted by atomic mass is 10.1. The van der Waals surface area contributed by atoms with Crippen LogP contribution in [0.2, 0.25) is 0 Å². The normalized spacial score (nSPS) is 12.4. The zero-order chi connectivity index (χ0) is 25.0. The summed E-state index contributed by atoms with van der Waals surface area (Å²) in [5, 5.41) is 6.08. The molecule has 0 saturated carbocycles. The van der Waals surface area contributed by atoms with Crippen molar-refractivity contribution in [1.82, 2.24) is 30.0 Å². The molecule has 35 heavy (non-hydrogen) atoms. The summed E-state index contributed by atoms with van der Waals surface area (Å²) in [5.41, 5.74) is 0.202. The second kappa shape index (κ2) is 9.97. The zero-order valence-electron chi connectivity index (χ0n) is 18.2. The van der Waals surface area contributed by atoms with E-state index >= 15 is 0 Å². The van der Waals surface area contributed by atoms with Crippen LogP contribution in [0.25, 0.3) is 17.2 Å². The average Bonchev–Trinajstić information content (AvgIpc) is 3.26. The lowest BCUT2D eigenvalue weighted by molar-refractivity contribution is -0.155. The molecule has 1 atom stereocenters. The van der Waals surface area contributed by atoms with Crippen molar-refractivity contribution >= 4 is 5.91 Å². The van der Waals surface area contributed by atoms with Gasteiger partial charge in [0, 0.05) is 36.8 Å². The van der Waals surface area contributed by atoms with Gasteiger partial charge in [-0.3, -0.25) is 9.78 Å². The Balaban J connectivity index is 1.70. The Labute approximate surface area is 196 Å². The third-order valence-corrected chi connectivity index (χ3v) is 5.00. The van der Waals surface area contributed by atoms with Crippen molar-refractivity contribution < 1.29 is 27.1 Å². The van der Waals surface area contributed by atoms with E-state index in [4.69, 9.17) is 4.74 Å². The summed E-state index contributed by atoms with van der Waals surface area (Å²) >= 11 is 0. The van der Waals surface area contributed by atoms with Crippen LogP contribution in [0.4, 0.5) is 17.6 Å². The molecule has 0 bridgehead atoms. The summed E-state index contributed by atoms with van der Waals surface area (Å²) in [6.45, 7) is -0.181. The minimum absolute atomic E-state index is 0.0171. The Morgan fingerprint density at radius 2 is 1.91 bits per heavy atom. The van der Waals surface area contributed by atoms with E-state index in [1.165, 1.54) is 55.9 Å². The van der Waals surface area contributed by atoms with E-state index in [-0.39, 0.29) is 40.6 Å². The van der Waals surface area contributed by atoms with Gasteiger partial charge >= 0.3 is 6.18 Å². The molecule has 180 valence electrons. The van der Waals surface area contributed by atoms with E-state index in [1.807, 2.05) is 5.32 Å². The molecule has 1 unspecified atom stereocenters. The molecule has 0 saturated heterocycles. The SMILES string of the molecule is COCc1c(C(=O)NC(c2cccnc2)C(F)(F)F)cnn1-c1nccc(-c2ccccc2F)n1. The first-order chi connectivity index (χ1) is 16.8. The molecule has 0 fully saturated rings. The highest BCUT2D eigenvalue weighted by molar-refractivity contribution is 5.95. The van der Waals surface area contributed by atoms with Crippen LogP contribution in [-0.4, -0.2) is 43.9 Å². The predicted octanol–water partition coefficient (Wildman–Crippen LogP) is 4.04. The quantitative estimate of drug-likeness (QED) is 0.396. The first-order valence-electron chi connectivity index (χ1n) is 10.2. The number of hydrogen-bond donors (Lipinski definition) is 1. The number of rotatable bonds is 7. The van der Waals surface area contributed by atoms with Crippen molar-refractivity contribution in [3.8, 4) is 17.2 Å². The standard InChI is InChI=1S/C23H18F4N6O2/c1-35-13-19-16(21(34)32-20(23(25,26)27)14-5-4-9-28-11-14)12-30-33(19)22-29-10-8-18(31-22)15-6-2-3-7-17(15)24/h2-12,20H,13H2,1H3,(H,32,34). The molecule has 12 heteroatoms. The summed E-state index contributed by atoms with van der Waals surface area (Å²) in [6, 6.07) is 7.77. The van der Waals surface area contributed by atoms with Gasteiger partial charge in [-0.05, 0) is 24.3 Å². The van der Waals surface area contributed by atoms with E-state index in [0.29, 0.717) is 0 Å². The molecule has 4 aromatic rings. The van der Waals surface area contributed by atoms with Crippen molar-refractivity contribution in [2.24, 2.45) is 0 Å². The number of benzene rings is 1. The van der Waals surface area contributed by atoms with Crippen LogP contribution in [0.1, 0.15) is 27.7 Å². The topological polar surface area (TPSA) is 94.8 Å². The van der Waals surface area contributed by atoms with Crippen LogP contribution in [0.15, 0.2) is 67.3 Å². The number of carbonyl (C=O) groups is 1. The summed E-state index contributed by atoms with van der Waals surface area (Å²) in [4.78, 5) is 25.0. The fourth-order valence-corrected chi connectivity index (χ4v) is 3.39. The van der Waals surface area contributed by atoms with Crippen LogP contribution in [-0.2, 0) is 11.3 Å². The van der Waals surface area contributed by atoms with Gasteiger partial charge < -0.3 is 10.1 Å². The summed E-state index contributed by atoms with van der Waals surface area (Å²) in [6.07, 6.45) is 0.0614.